The summed E-state index contributed by atoms with van der Waals surface area (Å²) in [6, 6.07) is 15.0. The van der Waals surface area contributed by atoms with Gasteiger partial charge in [0.05, 0.1) is 11.6 Å². The Labute approximate surface area is 134 Å². The zero-order valence-corrected chi connectivity index (χ0v) is 13.1. The Hall–Kier alpha value is -1.84. The molecule has 0 bridgehead atoms. The monoisotopic (exact) mass is 311 g/mol. The lowest BCUT2D eigenvalue weighted by Gasteiger charge is -2.24. The molecule has 2 aromatic heterocycles. The summed E-state index contributed by atoms with van der Waals surface area (Å²) < 4.78 is 0. The first-order chi connectivity index (χ1) is 10.8. The second kappa shape index (κ2) is 5.75. The highest BCUT2D eigenvalue weighted by atomic mass is 35.5. The van der Waals surface area contributed by atoms with Crippen LogP contribution in [0.15, 0.2) is 48.7 Å². The Balaban J connectivity index is 1.68. The Morgan fingerprint density at radius 3 is 3.00 bits per heavy atom. The highest BCUT2D eigenvalue weighted by Gasteiger charge is 2.27. The molecule has 22 heavy (non-hydrogen) atoms. The molecule has 1 fully saturated rings. The Bertz CT molecular complexity index is 782. The number of para-hydroxylation sites is 1. The van der Waals surface area contributed by atoms with Gasteiger partial charge in [-0.05, 0) is 49.2 Å². The van der Waals surface area contributed by atoms with E-state index in [1.807, 2.05) is 24.4 Å². The van der Waals surface area contributed by atoms with Crippen molar-refractivity contribution in [1.29, 1.82) is 0 Å². The third kappa shape index (κ3) is 2.51. The molecule has 1 aliphatic heterocycles. The fraction of sp³-hybridized carbons (Fsp3) is 0.278. The number of likely N-dealkylation sites (tertiary alicyclic amines) is 1. The maximum absolute atomic E-state index is 6.21. The van der Waals surface area contributed by atoms with Gasteiger partial charge in [-0.1, -0.05) is 29.8 Å². The lowest BCUT2D eigenvalue weighted by atomic mass is 10.1. The molecular formula is C18H18ClN3. The first-order valence-electron chi connectivity index (χ1n) is 7.73. The number of aromatic amines is 1. The summed E-state index contributed by atoms with van der Waals surface area (Å²) in [5.41, 5.74) is 3.54. The van der Waals surface area contributed by atoms with Crippen LogP contribution in [0.4, 0.5) is 0 Å². The smallest absolute Gasteiger partial charge is 0.130 e. The fourth-order valence-electron chi connectivity index (χ4n) is 3.48. The zero-order valence-electron chi connectivity index (χ0n) is 12.3. The molecule has 0 aliphatic carbocycles. The summed E-state index contributed by atoms with van der Waals surface area (Å²) >= 11 is 6.21. The number of rotatable bonds is 3. The molecule has 1 unspecified atom stereocenters. The van der Waals surface area contributed by atoms with Crippen molar-refractivity contribution in [3.63, 3.8) is 0 Å². The van der Waals surface area contributed by atoms with Gasteiger partial charge in [-0.3, -0.25) is 4.90 Å². The number of aromatic nitrogens is 2. The van der Waals surface area contributed by atoms with Gasteiger partial charge in [0.2, 0.25) is 0 Å². The van der Waals surface area contributed by atoms with Crippen LogP contribution in [0.1, 0.15) is 30.1 Å². The lowest BCUT2D eigenvalue weighted by molar-refractivity contribution is 0.246. The number of nitrogens with one attached hydrogen (secondary N) is 1. The maximum Gasteiger partial charge on any atom is 0.130 e. The van der Waals surface area contributed by atoms with Crippen molar-refractivity contribution < 1.29 is 0 Å². The highest BCUT2D eigenvalue weighted by molar-refractivity contribution is 6.29. The highest BCUT2D eigenvalue weighted by Crippen LogP contribution is 2.33. The van der Waals surface area contributed by atoms with Crippen molar-refractivity contribution in [3.05, 3.63) is 65.1 Å². The number of fused-ring (bicyclic) bond motifs is 1. The van der Waals surface area contributed by atoms with E-state index < -0.39 is 0 Å². The Morgan fingerprint density at radius 2 is 2.14 bits per heavy atom. The first-order valence-corrected chi connectivity index (χ1v) is 8.10. The summed E-state index contributed by atoms with van der Waals surface area (Å²) in [7, 11) is 0. The van der Waals surface area contributed by atoms with E-state index in [0.29, 0.717) is 11.2 Å². The van der Waals surface area contributed by atoms with Crippen LogP contribution >= 0.6 is 11.6 Å². The van der Waals surface area contributed by atoms with Gasteiger partial charge in [0.1, 0.15) is 5.15 Å². The molecule has 0 spiro atoms. The minimum Gasteiger partial charge on any atom is -0.364 e. The molecule has 1 aromatic carbocycles. The van der Waals surface area contributed by atoms with Gasteiger partial charge in [-0.2, -0.15) is 0 Å². The molecule has 0 radical (unpaired) electrons. The summed E-state index contributed by atoms with van der Waals surface area (Å²) in [4.78, 5) is 10.3. The predicted molar refractivity (Wildman–Crippen MR) is 89.9 cm³/mol. The summed E-state index contributed by atoms with van der Waals surface area (Å²) in [6.07, 6.45) is 4.45. The number of halogens is 1. The van der Waals surface area contributed by atoms with Crippen molar-refractivity contribution in [1.82, 2.24) is 14.9 Å². The summed E-state index contributed by atoms with van der Waals surface area (Å²) in [5, 5.41) is 1.77. The van der Waals surface area contributed by atoms with Crippen molar-refractivity contribution in [2.45, 2.75) is 25.4 Å². The van der Waals surface area contributed by atoms with Crippen LogP contribution in [0.2, 0.25) is 5.15 Å². The van der Waals surface area contributed by atoms with Gasteiger partial charge in [-0.25, -0.2) is 4.98 Å². The van der Waals surface area contributed by atoms with Crippen LogP contribution < -0.4 is 0 Å². The molecule has 0 amide bonds. The normalized spacial score (nSPS) is 19.0. The quantitative estimate of drug-likeness (QED) is 0.719. The molecule has 1 N–H and O–H groups in total. The standard InChI is InChI=1S/C18H18ClN3/c19-18-11-13(14-5-1-2-6-15(14)21-18)12-22-10-4-8-17(22)16-7-3-9-20-16/h1-3,5-7,9,11,17,20H,4,8,10,12H2. The number of pyridine rings is 1. The molecular weight excluding hydrogens is 294 g/mol. The Kier molecular flexibility index (Phi) is 3.60. The van der Waals surface area contributed by atoms with Crippen LogP contribution in [-0.4, -0.2) is 21.4 Å². The van der Waals surface area contributed by atoms with Gasteiger partial charge in [0.15, 0.2) is 0 Å². The predicted octanol–water partition coefficient (Wildman–Crippen LogP) is 4.55. The van der Waals surface area contributed by atoms with Gasteiger partial charge in [0, 0.05) is 23.8 Å². The van der Waals surface area contributed by atoms with Gasteiger partial charge < -0.3 is 4.98 Å². The largest absolute Gasteiger partial charge is 0.364 e. The van der Waals surface area contributed by atoms with E-state index in [1.54, 1.807) is 0 Å². The minimum atomic E-state index is 0.473. The van der Waals surface area contributed by atoms with E-state index in [9.17, 15) is 0 Å². The number of benzene rings is 1. The van der Waals surface area contributed by atoms with E-state index in [0.717, 1.165) is 18.6 Å². The van der Waals surface area contributed by atoms with Gasteiger partial charge in [-0.15, -0.1) is 0 Å². The molecule has 3 heterocycles. The van der Waals surface area contributed by atoms with E-state index in [1.165, 1.54) is 29.5 Å². The molecule has 1 aliphatic rings. The van der Waals surface area contributed by atoms with Crippen LogP contribution in [-0.2, 0) is 6.54 Å². The Morgan fingerprint density at radius 1 is 1.23 bits per heavy atom. The zero-order chi connectivity index (χ0) is 14.9. The van der Waals surface area contributed by atoms with E-state index in [4.69, 9.17) is 11.6 Å². The van der Waals surface area contributed by atoms with Crippen LogP contribution in [0, 0.1) is 0 Å². The van der Waals surface area contributed by atoms with Crippen molar-refractivity contribution in [3.8, 4) is 0 Å². The van der Waals surface area contributed by atoms with E-state index >= 15 is 0 Å². The van der Waals surface area contributed by atoms with Gasteiger partial charge in [0.25, 0.3) is 0 Å². The molecule has 1 saturated heterocycles. The molecule has 112 valence electrons. The number of nitrogens with zero attached hydrogens (tertiary/aromatic N) is 2. The molecule has 0 saturated carbocycles. The van der Waals surface area contributed by atoms with Crippen LogP contribution in [0.3, 0.4) is 0 Å². The SMILES string of the molecule is Clc1cc(CN2CCCC2c2ccc[nH]2)c2ccccc2n1. The molecule has 4 rings (SSSR count). The van der Waals surface area contributed by atoms with Crippen LogP contribution in [0.5, 0.6) is 0 Å². The summed E-state index contributed by atoms with van der Waals surface area (Å²) in [6.45, 7) is 2.03. The maximum atomic E-state index is 6.21. The number of H-pyrrole nitrogens is 1. The average Bonchev–Trinajstić information content (AvgIpc) is 3.17. The third-order valence-electron chi connectivity index (χ3n) is 4.49. The topological polar surface area (TPSA) is 31.9 Å². The number of hydrogen-bond acceptors (Lipinski definition) is 2. The third-order valence-corrected chi connectivity index (χ3v) is 4.68. The lowest BCUT2D eigenvalue weighted by Crippen LogP contribution is -2.23. The van der Waals surface area contributed by atoms with Crippen LogP contribution in [0.25, 0.3) is 10.9 Å². The molecule has 1 atom stereocenters. The number of hydrogen-bond donors (Lipinski definition) is 1. The van der Waals surface area contributed by atoms with E-state index in [2.05, 4.69) is 39.1 Å². The van der Waals surface area contributed by atoms with E-state index in [-0.39, 0.29) is 0 Å². The minimum absolute atomic E-state index is 0.473. The first kappa shape index (κ1) is 13.8. The fourth-order valence-corrected chi connectivity index (χ4v) is 3.70. The van der Waals surface area contributed by atoms with Gasteiger partial charge >= 0.3 is 0 Å². The average molecular weight is 312 g/mol. The molecule has 3 aromatic rings. The second-order valence-corrected chi connectivity index (χ2v) is 6.26. The van der Waals surface area contributed by atoms with Crippen molar-refractivity contribution in [2.24, 2.45) is 0 Å². The molecule has 4 heteroatoms. The second-order valence-electron chi connectivity index (χ2n) is 5.88. The van der Waals surface area contributed by atoms with Crippen molar-refractivity contribution in [2.75, 3.05) is 6.54 Å². The summed E-state index contributed by atoms with van der Waals surface area (Å²) in [5.74, 6) is 0. The van der Waals surface area contributed by atoms with Crippen molar-refractivity contribution >= 4 is 22.5 Å². The molecule has 3 nitrogen and oxygen atoms in total.